The maximum absolute atomic E-state index is 11.5. The van der Waals surface area contributed by atoms with Gasteiger partial charge in [0.15, 0.2) is 0 Å². The molecule has 0 unspecified atom stereocenters. The van der Waals surface area contributed by atoms with Crippen molar-refractivity contribution < 1.29 is 9.90 Å². The van der Waals surface area contributed by atoms with Gasteiger partial charge in [0, 0.05) is 12.7 Å². The van der Waals surface area contributed by atoms with Crippen LogP contribution in [0.4, 0.5) is 0 Å². The molecule has 0 amide bonds. The van der Waals surface area contributed by atoms with E-state index in [9.17, 15) is 4.79 Å². The van der Waals surface area contributed by atoms with E-state index < -0.39 is 0 Å². The first-order valence-electron chi connectivity index (χ1n) is 4.56. The predicted octanol–water partition coefficient (Wildman–Crippen LogP) is 1.83. The van der Waals surface area contributed by atoms with E-state index in [0.29, 0.717) is 5.56 Å². The summed E-state index contributed by atoms with van der Waals surface area (Å²) in [6.45, 7) is 1.96. The van der Waals surface area contributed by atoms with Gasteiger partial charge < -0.3 is 5.11 Å². The minimum atomic E-state index is -0.179. The van der Waals surface area contributed by atoms with Crippen molar-refractivity contribution in [2.24, 2.45) is 0 Å². The van der Waals surface area contributed by atoms with Crippen LogP contribution in [0.2, 0.25) is 0 Å². The zero-order valence-electron chi connectivity index (χ0n) is 8.74. The zero-order valence-corrected chi connectivity index (χ0v) is 8.74. The molecular weight excluding hydrogens is 190 g/mol. The molecule has 2 N–H and O–H groups in total. The van der Waals surface area contributed by atoms with Crippen LogP contribution in [0, 0.1) is 12.3 Å². The molecule has 0 spiro atoms. The van der Waals surface area contributed by atoms with Gasteiger partial charge in [-0.15, -0.1) is 0 Å². The number of hydrogen-bond donors (Lipinski definition) is 2. The summed E-state index contributed by atoms with van der Waals surface area (Å²) in [6.07, 6.45) is 3.38. The molecule has 0 saturated carbocycles. The van der Waals surface area contributed by atoms with Crippen LogP contribution < -0.4 is 0 Å². The largest absolute Gasteiger partial charge is 0.400 e. The number of hydrogen-bond acceptors (Lipinski definition) is 3. The quantitative estimate of drug-likeness (QED) is 0.675. The van der Waals surface area contributed by atoms with Crippen molar-refractivity contribution in [2.75, 3.05) is 7.11 Å². The van der Waals surface area contributed by atoms with Gasteiger partial charge in [0.1, 0.15) is 5.71 Å². The average Bonchev–Trinajstić information content (AvgIpc) is 2.27. The highest BCUT2D eigenvalue weighted by atomic mass is 16.2. The number of benzene rings is 1. The summed E-state index contributed by atoms with van der Waals surface area (Å²) in [5.41, 5.74) is 2.74. The van der Waals surface area contributed by atoms with Gasteiger partial charge in [0.2, 0.25) is 5.78 Å². The molecule has 1 aliphatic rings. The van der Waals surface area contributed by atoms with Gasteiger partial charge in [0.25, 0.3) is 0 Å². The summed E-state index contributed by atoms with van der Waals surface area (Å²) in [5.74, 6) is -0.179. The van der Waals surface area contributed by atoms with Crippen LogP contribution in [0.25, 0.3) is 6.08 Å². The smallest absolute Gasteiger partial charge is 0.211 e. The monoisotopic (exact) mass is 203 g/mol. The number of Topliss-reactive ketones (excluding diaryl/α,β-unsaturated/α-hetero) is 1. The average molecular weight is 203 g/mol. The summed E-state index contributed by atoms with van der Waals surface area (Å²) in [7, 11) is 1.00. The molecule has 0 aliphatic heterocycles. The molecule has 0 radical (unpaired) electrons. The zero-order chi connectivity index (χ0) is 11.4. The normalized spacial score (nSPS) is 13.0. The van der Waals surface area contributed by atoms with Crippen LogP contribution in [0.1, 0.15) is 21.5 Å². The predicted molar refractivity (Wildman–Crippen MR) is 60.4 cm³/mol. The molecule has 78 valence electrons. The number of ketones is 1. The number of rotatable bonds is 0. The van der Waals surface area contributed by atoms with Gasteiger partial charge in [-0.3, -0.25) is 10.2 Å². The van der Waals surface area contributed by atoms with Gasteiger partial charge >= 0.3 is 0 Å². The van der Waals surface area contributed by atoms with Crippen molar-refractivity contribution in [3.8, 4) is 0 Å². The van der Waals surface area contributed by atoms with Crippen LogP contribution in [0.5, 0.6) is 0 Å². The highest BCUT2D eigenvalue weighted by Crippen LogP contribution is 2.20. The van der Waals surface area contributed by atoms with Crippen molar-refractivity contribution in [2.45, 2.75) is 6.92 Å². The highest BCUT2D eigenvalue weighted by molar-refractivity contribution is 6.51. The fourth-order valence-corrected chi connectivity index (χ4v) is 1.49. The fourth-order valence-electron chi connectivity index (χ4n) is 1.49. The van der Waals surface area contributed by atoms with Gasteiger partial charge in [-0.25, -0.2) is 0 Å². The molecule has 1 aromatic rings. The fraction of sp³-hybridized carbons (Fsp3) is 0.167. The SMILES string of the molecule is CO.Cc1cccc2c1C=CC(=N)C2=O. The lowest BCUT2D eigenvalue weighted by Gasteiger charge is -2.11. The molecule has 0 aromatic heterocycles. The lowest BCUT2D eigenvalue weighted by molar-refractivity contribution is 0.106. The third-order valence-corrected chi connectivity index (χ3v) is 2.23. The number of fused-ring (bicyclic) bond motifs is 1. The third kappa shape index (κ3) is 2.02. The minimum absolute atomic E-state index is 0.0677. The molecule has 2 rings (SSSR count). The number of nitrogens with one attached hydrogen (secondary N) is 1. The van der Waals surface area contributed by atoms with Gasteiger partial charge in [0.05, 0.1) is 0 Å². The number of carbonyl (C=O) groups is 1. The summed E-state index contributed by atoms with van der Waals surface area (Å²) in [6, 6.07) is 5.58. The van der Waals surface area contributed by atoms with Crippen LogP contribution >= 0.6 is 0 Å². The second-order valence-corrected chi connectivity index (χ2v) is 3.11. The van der Waals surface area contributed by atoms with E-state index in [1.807, 2.05) is 25.1 Å². The first-order valence-corrected chi connectivity index (χ1v) is 4.56. The van der Waals surface area contributed by atoms with E-state index in [1.165, 1.54) is 0 Å². The minimum Gasteiger partial charge on any atom is -0.400 e. The van der Waals surface area contributed by atoms with E-state index in [-0.39, 0.29) is 11.5 Å². The van der Waals surface area contributed by atoms with E-state index in [2.05, 4.69) is 0 Å². The van der Waals surface area contributed by atoms with Crippen molar-refractivity contribution in [1.82, 2.24) is 0 Å². The number of aliphatic hydroxyl groups is 1. The maximum atomic E-state index is 11.5. The first-order chi connectivity index (χ1) is 7.20. The summed E-state index contributed by atoms with van der Waals surface area (Å²) in [5, 5.41) is 14.4. The number of carbonyl (C=O) groups excluding carboxylic acids is 1. The Morgan fingerprint density at radius 1 is 1.20 bits per heavy atom. The molecule has 15 heavy (non-hydrogen) atoms. The Morgan fingerprint density at radius 2 is 1.87 bits per heavy atom. The van der Waals surface area contributed by atoms with Crippen LogP contribution in [-0.4, -0.2) is 23.7 Å². The van der Waals surface area contributed by atoms with Crippen LogP contribution in [0.15, 0.2) is 24.3 Å². The lowest BCUT2D eigenvalue weighted by Crippen LogP contribution is -2.15. The molecule has 0 heterocycles. The second kappa shape index (κ2) is 4.66. The van der Waals surface area contributed by atoms with Crippen molar-refractivity contribution in [3.63, 3.8) is 0 Å². The van der Waals surface area contributed by atoms with Crippen molar-refractivity contribution >= 4 is 17.6 Å². The van der Waals surface area contributed by atoms with Gasteiger partial charge in [-0.05, 0) is 24.1 Å². The Kier molecular flexibility index (Phi) is 3.52. The van der Waals surface area contributed by atoms with Crippen molar-refractivity contribution in [3.05, 3.63) is 41.0 Å². The van der Waals surface area contributed by atoms with Crippen LogP contribution in [-0.2, 0) is 0 Å². The molecule has 1 aromatic carbocycles. The molecule has 0 fully saturated rings. The molecule has 1 aliphatic carbocycles. The molecule has 3 nitrogen and oxygen atoms in total. The third-order valence-electron chi connectivity index (χ3n) is 2.23. The van der Waals surface area contributed by atoms with Gasteiger partial charge in [-0.1, -0.05) is 24.3 Å². The Labute approximate surface area is 88.6 Å². The summed E-state index contributed by atoms with van der Waals surface area (Å²) in [4.78, 5) is 11.5. The van der Waals surface area contributed by atoms with E-state index in [0.717, 1.165) is 18.2 Å². The highest BCUT2D eigenvalue weighted by Gasteiger charge is 2.18. The standard InChI is InChI=1S/C11H9NO.CH4O/c1-7-3-2-4-9-8(7)5-6-10(12)11(9)13;1-2/h2-6,12H,1H3;2H,1H3. The Balaban J connectivity index is 0.000000531. The molecule has 0 atom stereocenters. The summed E-state index contributed by atoms with van der Waals surface area (Å²) >= 11 is 0. The Morgan fingerprint density at radius 3 is 2.53 bits per heavy atom. The lowest BCUT2D eigenvalue weighted by atomic mass is 9.92. The topological polar surface area (TPSA) is 61.1 Å². The molecule has 0 bridgehead atoms. The molecular formula is C12H13NO2. The second-order valence-electron chi connectivity index (χ2n) is 3.11. The Hall–Kier alpha value is -1.74. The maximum Gasteiger partial charge on any atom is 0.211 e. The number of aliphatic hydroxyl groups excluding tert-OH is 1. The van der Waals surface area contributed by atoms with Crippen molar-refractivity contribution in [1.29, 1.82) is 5.41 Å². The van der Waals surface area contributed by atoms with Gasteiger partial charge in [-0.2, -0.15) is 0 Å². The van der Waals surface area contributed by atoms with E-state index in [4.69, 9.17) is 10.5 Å². The first kappa shape index (κ1) is 11.3. The molecule has 0 saturated heterocycles. The number of allylic oxidation sites excluding steroid dienone is 1. The van der Waals surface area contributed by atoms with Crippen LogP contribution in [0.3, 0.4) is 0 Å². The summed E-state index contributed by atoms with van der Waals surface area (Å²) < 4.78 is 0. The van der Waals surface area contributed by atoms with E-state index in [1.54, 1.807) is 12.1 Å². The molecule has 3 heteroatoms. The number of aryl methyl sites for hydroxylation is 1. The Bertz CT molecular complexity index is 433. The van der Waals surface area contributed by atoms with E-state index >= 15 is 0 Å².